The lowest BCUT2D eigenvalue weighted by molar-refractivity contribution is 0.442. The molecule has 2 rings (SSSR count). The Morgan fingerprint density at radius 1 is 1.13 bits per heavy atom. The van der Waals surface area contributed by atoms with Gasteiger partial charge in [0.2, 0.25) is 0 Å². The first-order chi connectivity index (χ1) is 7.27. The Bertz CT molecular complexity index is 267. The maximum atomic E-state index is 5.18. The normalized spacial score (nSPS) is 31.0. The molecule has 0 aromatic rings. The van der Waals surface area contributed by atoms with E-state index in [-0.39, 0.29) is 0 Å². The molecule has 0 aromatic heterocycles. The highest BCUT2D eigenvalue weighted by molar-refractivity contribution is 8.11. The molecule has 0 N–H and O–H groups in total. The SMILES string of the molecule is S=C(S)C1CCCC1=NC1CCCCC1. The van der Waals surface area contributed by atoms with E-state index in [0.29, 0.717) is 12.0 Å². The first-order valence-electron chi connectivity index (χ1n) is 6.07. The molecule has 1 nitrogen and oxygen atoms in total. The second-order valence-corrected chi connectivity index (χ2v) is 5.92. The minimum Gasteiger partial charge on any atom is -0.290 e. The van der Waals surface area contributed by atoms with Crippen LogP contribution in [0.15, 0.2) is 4.99 Å². The van der Waals surface area contributed by atoms with Crippen molar-refractivity contribution in [2.45, 2.75) is 57.4 Å². The Balaban J connectivity index is 2.01. The van der Waals surface area contributed by atoms with Crippen molar-refractivity contribution < 1.29 is 0 Å². The van der Waals surface area contributed by atoms with Crippen molar-refractivity contribution in [2.75, 3.05) is 0 Å². The number of rotatable bonds is 2. The van der Waals surface area contributed by atoms with E-state index < -0.39 is 0 Å². The van der Waals surface area contributed by atoms with Crippen LogP contribution < -0.4 is 0 Å². The fraction of sp³-hybridized carbons (Fsp3) is 0.833. The Kier molecular flexibility index (Phi) is 4.21. The van der Waals surface area contributed by atoms with Crippen LogP contribution in [0, 0.1) is 5.92 Å². The summed E-state index contributed by atoms with van der Waals surface area (Å²) in [4.78, 5) is 4.92. The van der Waals surface area contributed by atoms with E-state index in [1.807, 2.05) is 0 Å². The van der Waals surface area contributed by atoms with Crippen molar-refractivity contribution in [3.05, 3.63) is 0 Å². The summed E-state index contributed by atoms with van der Waals surface area (Å²) in [7, 11) is 0. The van der Waals surface area contributed by atoms with Gasteiger partial charge in [0.25, 0.3) is 0 Å². The molecule has 2 aliphatic rings. The van der Waals surface area contributed by atoms with Crippen LogP contribution in [-0.4, -0.2) is 16.0 Å². The number of thiol groups is 1. The van der Waals surface area contributed by atoms with Gasteiger partial charge in [0.1, 0.15) is 0 Å². The Labute approximate surface area is 103 Å². The van der Waals surface area contributed by atoms with E-state index in [9.17, 15) is 0 Å². The summed E-state index contributed by atoms with van der Waals surface area (Å²) >= 11 is 9.50. The molecule has 0 amide bonds. The van der Waals surface area contributed by atoms with E-state index in [4.69, 9.17) is 17.2 Å². The van der Waals surface area contributed by atoms with Gasteiger partial charge in [0, 0.05) is 17.7 Å². The smallest absolute Gasteiger partial charge is 0.0535 e. The number of aliphatic imine (C=N–C) groups is 1. The van der Waals surface area contributed by atoms with Gasteiger partial charge in [-0.1, -0.05) is 31.5 Å². The summed E-state index contributed by atoms with van der Waals surface area (Å²) < 4.78 is 0.849. The Hall–Kier alpha value is 0.110. The molecule has 0 radical (unpaired) electrons. The van der Waals surface area contributed by atoms with Crippen LogP contribution in [0.1, 0.15) is 51.4 Å². The molecular weight excluding hydrogens is 222 g/mol. The maximum Gasteiger partial charge on any atom is 0.0535 e. The molecule has 0 spiro atoms. The zero-order chi connectivity index (χ0) is 10.7. The molecular formula is C12H19NS2. The van der Waals surface area contributed by atoms with Crippen molar-refractivity contribution in [2.24, 2.45) is 10.9 Å². The van der Waals surface area contributed by atoms with E-state index in [0.717, 1.165) is 10.6 Å². The average molecular weight is 241 g/mol. The zero-order valence-corrected chi connectivity index (χ0v) is 10.8. The predicted molar refractivity (Wildman–Crippen MR) is 73.2 cm³/mol. The van der Waals surface area contributed by atoms with Crippen LogP contribution in [0.4, 0.5) is 0 Å². The van der Waals surface area contributed by atoms with Crippen LogP contribution in [0.25, 0.3) is 0 Å². The lowest BCUT2D eigenvalue weighted by Crippen LogP contribution is -2.18. The van der Waals surface area contributed by atoms with Gasteiger partial charge in [-0.3, -0.25) is 4.99 Å². The Morgan fingerprint density at radius 2 is 1.87 bits per heavy atom. The lowest BCUT2D eigenvalue weighted by Gasteiger charge is -2.20. The van der Waals surface area contributed by atoms with Crippen LogP contribution >= 0.6 is 24.8 Å². The summed E-state index contributed by atoms with van der Waals surface area (Å²) in [6.07, 6.45) is 10.3. The fourth-order valence-electron chi connectivity index (χ4n) is 2.69. The first kappa shape index (κ1) is 11.6. The molecule has 84 valence electrons. The second-order valence-electron chi connectivity index (χ2n) is 4.70. The highest BCUT2D eigenvalue weighted by Gasteiger charge is 2.25. The molecule has 1 unspecified atom stereocenters. The molecule has 2 aliphatic carbocycles. The summed E-state index contributed by atoms with van der Waals surface area (Å²) in [6, 6.07) is 0.594. The molecule has 1 atom stereocenters. The molecule has 0 aliphatic heterocycles. The van der Waals surface area contributed by atoms with Crippen molar-refractivity contribution in [3.8, 4) is 0 Å². The van der Waals surface area contributed by atoms with Gasteiger partial charge in [0.05, 0.1) is 4.20 Å². The number of hydrogen-bond acceptors (Lipinski definition) is 2. The molecule has 0 heterocycles. The number of hydrogen-bond donors (Lipinski definition) is 1. The average Bonchev–Trinajstić information content (AvgIpc) is 2.67. The van der Waals surface area contributed by atoms with Gasteiger partial charge in [-0.2, -0.15) is 0 Å². The second kappa shape index (κ2) is 5.44. The molecule has 2 saturated carbocycles. The van der Waals surface area contributed by atoms with Crippen LogP contribution in [0.3, 0.4) is 0 Å². The minimum atomic E-state index is 0.408. The van der Waals surface area contributed by atoms with Crippen molar-refractivity contribution in [1.82, 2.24) is 0 Å². The third kappa shape index (κ3) is 3.04. The third-order valence-electron chi connectivity index (χ3n) is 3.55. The van der Waals surface area contributed by atoms with E-state index >= 15 is 0 Å². The van der Waals surface area contributed by atoms with E-state index in [1.54, 1.807) is 0 Å². The lowest BCUT2D eigenvalue weighted by atomic mass is 9.95. The van der Waals surface area contributed by atoms with Gasteiger partial charge < -0.3 is 0 Å². The molecule has 3 heteroatoms. The topological polar surface area (TPSA) is 12.4 Å². The predicted octanol–water partition coefficient (Wildman–Crippen LogP) is 3.82. The van der Waals surface area contributed by atoms with Crippen molar-refractivity contribution in [1.29, 1.82) is 0 Å². The molecule has 2 fully saturated rings. The van der Waals surface area contributed by atoms with Gasteiger partial charge >= 0.3 is 0 Å². The quantitative estimate of drug-likeness (QED) is 0.572. The number of nitrogens with zero attached hydrogens (tertiary/aromatic N) is 1. The van der Waals surface area contributed by atoms with Crippen LogP contribution in [0.5, 0.6) is 0 Å². The Morgan fingerprint density at radius 3 is 2.53 bits per heavy atom. The van der Waals surface area contributed by atoms with Crippen molar-refractivity contribution in [3.63, 3.8) is 0 Å². The van der Waals surface area contributed by atoms with Gasteiger partial charge in [-0.05, 0) is 32.1 Å². The van der Waals surface area contributed by atoms with Gasteiger partial charge in [-0.25, -0.2) is 0 Å². The zero-order valence-electron chi connectivity index (χ0n) is 9.11. The fourth-order valence-corrected chi connectivity index (χ4v) is 3.23. The van der Waals surface area contributed by atoms with Crippen molar-refractivity contribution >= 4 is 34.8 Å². The monoisotopic (exact) mass is 241 g/mol. The third-order valence-corrected chi connectivity index (χ3v) is 4.15. The molecule has 0 saturated heterocycles. The summed E-state index contributed by atoms with van der Waals surface area (Å²) in [5, 5.41) is 0. The van der Waals surface area contributed by atoms with Gasteiger partial charge in [-0.15, -0.1) is 12.6 Å². The van der Waals surface area contributed by atoms with Gasteiger partial charge in [0.15, 0.2) is 0 Å². The maximum absolute atomic E-state index is 5.18. The highest BCUT2D eigenvalue weighted by Crippen LogP contribution is 2.28. The molecule has 15 heavy (non-hydrogen) atoms. The van der Waals surface area contributed by atoms with Crippen LogP contribution in [-0.2, 0) is 0 Å². The highest BCUT2D eigenvalue weighted by atomic mass is 32.1. The number of thiocarbonyl (C=S) groups is 1. The molecule has 0 aromatic carbocycles. The van der Waals surface area contributed by atoms with E-state index in [2.05, 4.69) is 12.6 Å². The first-order valence-corrected chi connectivity index (χ1v) is 6.92. The summed E-state index contributed by atoms with van der Waals surface area (Å²) in [5.74, 6) is 0.408. The standard InChI is InChI=1S/C12H19NS2/c14-12(15)10-7-4-8-11(10)13-9-5-2-1-3-6-9/h9-10H,1-8H2,(H,14,15). The summed E-state index contributed by atoms with van der Waals surface area (Å²) in [5.41, 5.74) is 1.35. The van der Waals surface area contributed by atoms with Crippen LogP contribution in [0.2, 0.25) is 0 Å². The minimum absolute atomic E-state index is 0.408. The summed E-state index contributed by atoms with van der Waals surface area (Å²) in [6.45, 7) is 0. The van der Waals surface area contributed by atoms with E-state index in [1.165, 1.54) is 50.7 Å². The largest absolute Gasteiger partial charge is 0.290 e. The molecule has 0 bridgehead atoms.